The molecule has 0 aliphatic rings. The van der Waals surface area contributed by atoms with Crippen molar-refractivity contribution in [3.05, 3.63) is 0 Å². The normalized spacial score (nSPS) is 16.7. The van der Waals surface area contributed by atoms with Crippen LogP contribution in [0.2, 0.25) is 0 Å². The summed E-state index contributed by atoms with van der Waals surface area (Å²) in [6.45, 7) is 11.0. The van der Waals surface area contributed by atoms with Gasteiger partial charge in [0.25, 0.3) is 0 Å². The Morgan fingerprint density at radius 1 is 1.07 bits per heavy atom. The molecule has 0 rings (SSSR count). The number of hydrogen-bond acceptors (Lipinski definition) is 1. The Kier molecular flexibility index (Phi) is 6.43. The minimum absolute atomic E-state index is 0.119. The van der Waals surface area contributed by atoms with Crippen LogP contribution in [0, 0.1) is 11.3 Å². The summed E-state index contributed by atoms with van der Waals surface area (Å²) in [6, 6.07) is 0. The molecule has 0 heterocycles. The van der Waals surface area contributed by atoms with Gasteiger partial charge in [-0.2, -0.15) is 0 Å². The Hall–Kier alpha value is -0.0400. The zero-order chi connectivity index (χ0) is 11.2. The van der Waals surface area contributed by atoms with E-state index in [0.717, 1.165) is 6.42 Å². The summed E-state index contributed by atoms with van der Waals surface area (Å²) in [5, 5.41) is 9.95. The first kappa shape index (κ1) is 14.0. The van der Waals surface area contributed by atoms with Crippen LogP contribution in [0.1, 0.15) is 66.7 Å². The van der Waals surface area contributed by atoms with E-state index in [9.17, 15) is 5.11 Å². The van der Waals surface area contributed by atoms with E-state index in [1.165, 1.54) is 25.7 Å². The zero-order valence-electron chi connectivity index (χ0n) is 10.6. The van der Waals surface area contributed by atoms with Gasteiger partial charge in [-0.1, -0.05) is 60.3 Å². The predicted octanol–water partition coefficient (Wildman–Crippen LogP) is 4.00. The lowest BCUT2D eigenvalue weighted by molar-refractivity contribution is 0.0459. The third kappa shape index (κ3) is 5.64. The number of rotatable bonds is 6. The molecule has 0 saturated carbocycles. The molecule has 0 aromatic rings. The van der Waals surface area contributed by atoms with Crippen molar-refractivity contribution in [2.75, 3.05) is 0 Å². The molecule has 1 heteroatoms. The molecule has 0 aliphatic heterocycles. The predicted molar refractivity (Wildman–Crippen MR) is 63.4 cm³/mol. The van der Waals surface area contributed by atoms with E-state index in [2.05, 4.69) is 34.6 Å². The summed E-state index contributed by atoms with van der Waals surface area (Å²) in [5.74, 6) is 0.393. The highest BCUT2D eigenvalue weighted by atomic mass is 16.3. The Labute approximate surface area is 89.9 Å². The fraction of sp³-hybridized carbons (Fsp3) is 1.00. The van der Waals surface area contributed by atoms with Crippen LogP contribution in [-0.4, -0.2) is 11.2 Å². The second-order valence-electron chi connectivity index (χ2n) is 5.57. The Morgan fingerprint density at radius 2 is 1.64 bits per heavy atom. The minimum Gasteiger partial charge on any atom is -0.393 e. The summed E-state index contributed by atoms with van der Waals surface area (Å²) in [6.07, 6.45) is 5.87. The van der Waals surface area contributed by atoms with Crippen LogP contribution < -0.4 is 0 Å². The van der Waals surface area contributed by atoms with E-state index in [0.29, 0.717) is 5.92 Å². The molecular weight excluding hydrogens is 172 g/mol. The number of aliphatic hydroxyl groups is 1. The Morgan fingerprint density at radius 3 is 2.07 bits per heavy atom. The molecule has 0 bridgehead atoms. The van der Waals surface area contributed by atoms with Gasteiger partial charge in [0, 0.05) is 0 Å². The van der Waals surface area contributed by atoms with Crippen molar-refractivity contribution in [3.8, 4) is 0 Å². The van der Waals surface area contributed by atoms with Crippen molar-refractivity contribution in [1.82, 2.24) is 0 Å². The van der Waals surface area contributed by atoms with Crippen LogP contribution in [0.3, 0.4) is 0 Å². The summed E-state index contributed by atoms with van der Waals surface area (Å²) in [7, 11) is 0. The van der Waals surface area contributed by atoms with E-state index in [1.54, 1.807) is 0 Å². The molecular formula is C13H28O. The second-order valence-corrected chi connectivity index (χ2v) is 5.57. The molecule has 0 aromatic carbocycles. The SMILES string of the molecule is CCCCCCC(O)C(C)C(C)(C)C. The highest BCUT2D eigenvalue weighted by Gasteiger charge is 2.26. The number of hydrogen-bond donors (Lipinski definition) is 1. The molecule has 2 unspecified atom stereocenters. The first-order valence-electron chi connectivity index (χ1n) is 6.07. The molecule has 0 amide bonds. The van der Waals surface area contributed by atoms with E-state index < -0.39 is 0 Å². The maximum atomic E-state index is 9.95. The van der Waals surface area contributed by atoms with Crippen LogP contribution in [0.25, 0.3) is 0 Å². The quantitative estimate of drug-likeness (QED) is 0.643. The van der Waals surface area contributed by atoms with E-state index in [4.69, 9.17) is 0 Å². The largest absolute Gasteiger partial charge is 0.393 e. The summed E-state index contributed by atoms with van der Waals surface area (Å²) >= 11 is 0. The average molecular weight is 200 g/mol. The van der Waals surface area contributed by atoms with Gasteiger partial charge in [0.1, 0.15) is 0 Å². The highest BCUT2D eigenvalue weighted by Crippen LogP contribution is 2.30. The van der Waals surface area contributed by atoms with E-state index in [1.807, 2.05) is 0 Å². The molecule has 86 valence electrons. The third-order valence-electron chi connectivity index (χ3n) is 3.30. The lowest BCUT2D eigenvalue weighted by Crippen LogP contribution is -2.29. The van der Waals surface area contributed by atoms with Crippen LogP contribution in [0.4, 0.5) is 0 Å². The molecule has 0 aromatic heterocycles. The fourth-order valence-electron chi connectivity index (χ4n) is 1.61. The Balaban J connectivity index is 3.68. The van der Waals surface area contributed by atoms with Gasteiger partial charge in [-0.25, -0.2) is 0 Å². The standard InChI is InChI=1S/C13H28O/c1-6-7-8-9-10-12(14)11(2)13(3,4)5/h11-12,14H,6-10H2,1-5H3. The average Bonchev–Trinajstić information content (AvgIpc) is 2.09. The van der Waals surface area contributed by atoms with Crippen molar-refractivity contribution < 1.29 is 5.11 Å². The molecule has 0 fully saturated rings. The number of unbranched alkanes of at least 4 members (excludes halogenated alkanes) is 3. The zero-order valence-corrected chi connectivity index (χ0v) is 10.6. The van der Waals surface area contributed by atoms with Crippen LogP contribution >= 0.6 is 0 Å². The van der Waals surface area contributed by atoms with Gasteiger partial charge < -0.3 is 5.11 Å². The topological polar surface area (TPSA) is 20.2 Å². The summed E-state index contributed by atoms with van der Waals surface area (Å²) in [4.78, 5) is 0. The molecule has 0 radical (unpaired) electrons. The monoisotopic (exact) mass is 200 g/mol. The van der Waals surface area contributed by atoms with Crippen molar-refractivity contribution in [3.63, 3.8) is 0 Å². The maximum Gasteiger partial charge on any atom is 0.0570 e. The second kappa shape index (κ2) is 6.44. The van der Waals surface area contributed by atoms with E-state index in [-0.39, 0.29) is 11.5 Å². The third-order valence-corrected chi connectivity index (χ3v) is 3.30. The van der Waals surface area contributed by atoms with Gasteiger partial charge in [-0.05, 0) is 17.8 Å². The molecule has 0 spiro atoms. The van der Waals surface area contributed by atoms with Crippen molar-refractivity contribution in [1.29, 1.82) is 0 Å². The first-order chi connectivity index (χ1) is 6.39. The van der Waals surface area contributed by atoms with Gasteiger partial charge in [0.2, 0.25) is 0 Å². The summed E-state index contributed by atoms with van der Waals surface area (Å²) < 4.78 is 0. The Bertz CT molecular complexity index is 135. The molecule has 2 atom stereocenters. The summed E-state index contributed by atoms with van der Waals surface area (Å²) in [5.41, 5.74) is 0.226. The lowest BCUT2D eigenvalue weighted by atomic mass is 9.77. The van der Waals surface area contributed by atoms with E-state index >= 15 is 0 Å². The molecule has 0 aliphatic carbocycles. The lowest BCUT2D eigenvalue weighted by Gasteiger charge is -2.31. The smallest absolute Gasteiger partial charge is 0.0570 e. The highest BCUT2D eigenvalue weighted by molar-refractivity contribution is 4.76. The van der Waals surface area contributed by atoms with Gasteiger partial charge >= 0.3 is 0 Å². The number of aliphatic hydroxyl groups excluding tert-OH is 1. The molecule has 1 nitrogen and oxygen atoms in total. The molecule has 14 heavy (non-hydrogen) atoms. The van der Waals surface area contributed by atoms with Gasteiger partial charge in [-0.3, -0.25) is 0 Å². The minimum atomic E-state index is -0.119. The van der Waals surface area contributed by atoms with Crippen molar-refractivity contribution >= 4 is 0 Å². The van der Waals surface area contributed by atoms with Crippen molar-refractivity contribution in [2.24, 2.45) is 11.3 Å². The fourth-order valence-corrected chi connectivity index (χ4v) is 1.61. The van der Waals surface area contributed by atoms with Crippen LogP contribution in [0.15, 0.2) is 0 Å². The van der Waals surface area contributed by atoms with Gasteiger partial charge in [0.05, 0.1) is 6.10 Å². The molecule has 1 N–H and O–H groups in total. The van der Waals surface area contributed by atoms with Crippen molar-refractivity contribution in [2.45, 2.75) is 72.8 Å². The first-order valence-corrected chi connectivity index (χ1v) is 6.07. The molecule has 0 saturated heterocycles. The maximum absolute atomic E-state index is 9.95. The van der Waals surface area contributed by atoms with Crippen LogP contribution in [-0.2, 0) is 0 Å². The van der Waals surface area contributed by atoms with Gasteiger partial charge in [-0.15, -0.1) is 0 Å². The van der Waals surface area contributed by atoms with Crippen LogP contribution in [0.5, 0.6) is 0 Å². The van der Waals surface area contributed by atoms with Gasteiger partial charge in [0.15, 0.2) is 0 Å².